The van der Waals surface area contributed by atoms with E-state index in [0.29, 0.717) is 10.3 Å². The van der Waals surface area contributed by atoms with Crippen LogP contribution in [0.15, 0.2) is 24.3 Å². The first-order chi connectivity index (χ1) is 8.05. The van der Waals surface area contributed by atoms with Gasteiger partial charge in [0, 0.05) is 0 Å². The minimum Gasteiger partial charge on any atom is -0.0723 e. The van der Waals surface area contributed by atoms with Crippen LogP contribution in [-0.2, 0) is 0 Å². The minimum atomic E-state index is -0.101. The molecule has 1 unspecified atom stereocenters. The largest absolute Gasteiger partial charge is 0.0723 e. The summed E-state index contributed by atoms with van der Waals surface area (Å²) in [6.45, 7) is 19.1. The predicted octanol–water partition coefficient (Wildman–Crippen LogP) is 4.76. The third-order valence-electron chi connectivity index (χ3n) is 3.62. The molecule has 0 saturated carbocycles. The van der Waals surface area contributed by atoms with Crippen molar-refractivity contribution in [1.82, 2.24) is 0 Å². The van der Waals surface area contributed by atoms with Crippen molar-refractivity contribution in [2.45, 2.75) is 51.9 Å². The lowest BCUT2D eigenvalue weighted by molar-refractivity contribution is 0.789. The van der Waals surface area contributed by atoms with Gasteiger partial charge in [-0.15, -0.1) is 0 Å². The van der Waals surface area contributed by atoms with Crippen molar-refractivity contribution in [3.63, 3.8) is 0 Å². The average Bonchev–Trinajstić information content (AvgIpc) is 2.24. The quantitative estimate of drug-likeness (QED) is 0.686. The Balaban J connectivity index is 3.23. The summed E-state index contributed by atoms with van der Waals surface area (Å²) in [4.78, 5) is 0. The molecule has 0 saturated heterocycles. The normalized spacial score (nSPS) is 16.4. The van der Waals surface area contributed by atoms with Crippen LogP contribution in [0.25, 0.3) is 0 Å². The maximum Gasteiger partial charge on any atom is -0.0141 e. The highest BCUT2D eigenvalue weighted by molar-refractivity contribution is 7.72. The third kappa shape index (κ3) is 3.79. The van der Waals surface area contributed by atoms with Gasteiger partial charge >= 0.3 is 0 Å². The fourth-order valence-corrected chi connectivity index (χ4v) is 5.56. The second-order valence-corrected chi connectivity index (χ2v) is 12.8. The summed E-state index contributed by atoms with van der Waals surface area (Å²) in [5.41, 5.74) is 0. The maximum absolute atomic E-state index is 2.43. The standard InChI is InChI=1S/C16H28P2/c1-15(2,3)17(7)13-11-9-10-12-14(13)18(8)16(4,5)6/h9-12H,1-8H3/t17-,18?/m0/s1. The van der Waals surface area contributed by atoms with Crippen molar-refractivity contribution >= 4 is 26.5 Å². The van der Waals surface area contributed by atoms with Crippen molar-refractivity contribution in [2.75, 3.05) is 13.3 Å². The van der Waals surface area contributed by atoms with E-state index in [1.807, 2.05) is 0 Å². The van der Waals surface area contributed by atoms with Crippen LogP contribution in [0.2, 0.25) is 0 Å². The van der Waals surface area contributed by atoms with Gasteiger partial charge in [-0.2, -0.15) is 0 Å². The SMILES string of the molecule is CP(c1ccccc1[P@](C)C(C)(C)C)C(C)(C)C. The van der Waals surface area contributed by atoms with E-state index in [4.69, 9.17) is 0 Å². The van der Waals surface area contributed by atoms with E-state index in [-0.39, 0.29) is 15.8 Å². The highest BCUT2D eigenvalue weighted by Crippen LogP contribution is 2.49. The molecule has 0 radical (unpaired) electrons. The lowest BCUT2D eigenvalue weighted by Crippen LogP contribution is -2.31. The van der Waals surface area contributed by atoms with Crippen molar-refractivity contribution in [2.24, 2.45) is 0 Å². The molecule has 2 heteroatoms. The topological polar surface area (TPSA) is 0 Å². The number of rotatable bonds is 2. The molecule has 0 aliphatic carbocycles. The van der Waals surface area contributed by atoms with E-state index in [1.165, 1.54) is 0 Å². The molecule has 0 aliphatic rings. The predicted molar refractivity (Wildman–Crippen MR) is 90.9 cm³/mol. The van der Waals surface area contributed by atoms with Gasteiger partial charge in [0.2, 0.25) is 0 Å². The van der Waals surface area contributed by atoms with E-state index in [1.54, 1.807) is 10.6 Å². The zero-order valence-corrected chi connectivity index (χ0v) is 15.0. The molecule has 0 amide bonds. The molecule has 0 heterocycles. The molecular formula is C16H28P2. The number of hydrogen-bond donors (Lipinski definition) is 0. The van der Waals surface area contributed by atoms with Gasteiger partial charge in [-0.05, 0) is 34.3 Å². The Kier molecular flexibility index (Phi) is 5.02. The highest BCUT2D eigenvalue weighted by Gasteiger charge is 2.28. The van der Waals surface area contributed by atoms with E-state index in [9.17, 15) is 0 Å². The van der Waals surface area contributed by atoms with Gasteiger partial charge in [0.05, 0.1) is 0 Å². The van der Waals surface area contributed by atoms with Gasteiger partial charge in [0.15, 0.2) is 0 Å². The van der Waals surface area contributed by atoms with Crippen LogP contribution in [-0.4, -0.2) is 23.6 Å². The molecular weight excluding hydrogens is 254 g/mol. The first-order valence-corrected chi connectivity index (χ1v) is 10.2. The third-order valence-corrected chi connectivity index (χ3v) is 10.0. The monoisotopic (exact) mass is 282 g/mol. The van der Waals surface area contributed by atoms with Crippen LogP contribution in [0, 0.1) is 0 Å². The van der Waals surface area contributed by atoms with Gasteiger partial charge in [0.25, 0.3) is 0 Å². The minimum absolute atomic E-state index is 0.101. The molecule has 18 heavy (non-hydrogen) atoms. The van der Waals surface area contributed by atoms with Crippen LogP contribution >= 0.6 is 15.8 Å². The summed E-state index contributed by atoms with van der Waals surface area (Å²) in [5, 5.41) is 4.01. The van der Waals surface area contributed by atoms with E-state index in [0.717, 1.165) is 0 Å². The van der Waals surface area contributed by atoms with Crippen LogP contribution in [0.3, 0.4) is 0 Å². The van der Waals surface area contributed by atoms with Crippen molar-refractivity contribution < 1.29 is 0 Å². The van der Waals surface area contributed by atoms with E-state index in [2.05, 4.69) is 79.1 Å². The Morgan fingerprint density at radius 3 is 1.17 bits per heavy atom. The van der Waals surface area contributed by atoms with Crippen LogP contribution in [0.5, 0.6) is 0 Å². The first kappa shape index (κ1) is 16.1. The second-order valence-electron chi connectivity index (χ2n) is 6.95. The summed E-state index contributed by atoms with van der Waals surface area (Å²) in [5.74, 6) is 0. The van der Waals surface area contributed by atoms with Crippen molar-refractivity contribution in [3.05, 3.63) is 24.3 Å². The summed E-state index contributed by atoms with van der Waals surface area (Å²) >= 11 is 0. The van der Waals surface area contributed by atoms with Crippen LogP contribution in [0.4, 0.5) is 0 Å². The molecule has 0 aliphatic heterocycles. The summed E-state index contributed by atoms with van der Waals surface area (Å²) < 4.78 is 0. The molecule has 0 spiro atoms. The Bertz CT molecular complexity index is 357. The Morgan fingerprint density at radius 2 is 0.944 bits per heavy atom. The molecule has 102 valence electrons. The highest BCUT2D eigenvalue weighted by atomic mass is 31.1. The molecule has 1 aromatic rings. The number of benzene rings is 1. The Morgan fingerprint density at radius 1 is 0.667 bits per heavy atom. The van der Waals surface area contributed by atoms with Gasteiger partial charge in [-0.3, -0.25) is 0 Å². The van der Waals surface area contributed by atoms with E-state index >= 15 is 0 Å². The molecule has 1 rings (SSSR count). The molecule has 0 nitrogen and oxygen atoms in total. The molecule has 0 N–H and O–H groups in total. The first-order valence-electron chi connectivity index (χ1n) is 6.62. The van der Waals surface area contributed by atoms with Crippen molar-refractivity contribution in [1.29, 1.82) is 0 Å². The lowest BCUT2D eigenvalue weighted by Gasteiger charge is -2.35. The van der Waals surface area contributed by atoms with E-state index < -0.39 is 0 Å². The van der Waals surface area contributed by atoms with Gasteiger partial charge in [0.1, 0.15) is 0 Å². The molecule has 0 bridgehead atoms. The van der Waals surface area contributed by atoms with Crippen LogP contribution < -0.4 is 10.6 Å². The van der Waals surface area contributed by atoms with Crippen LogP contribution in [0.1, 0.15) is 41.5 Å². The zero-order valence-electron chi connectivity index (χ0n) is 13.2. The Labute approximate surface area is 116 Å². The maximum atomic E-state index is 2.43. The average molecular weight is 282 g/mol. The summed E-state index contributed by atoms with van der Waals surface area (Å²) in [6, 6.07) is 9.12. The number of hydrogen-bond acceptors (Lipinski definition) is 0. The smallest absolute Gasteiger partial charge is 0.0141 e. The zero-order chi connectivity index (χ0) is 14.1. The van der Waals surface area contributed by atoms with Gasteiger partial charge < -0.3 is 0 Å². The molecule has 0 aromatic heterocycles. The molecule has 0 fully saturated rings. The van der Waals surface area contributed by atoms with Crippen molar-refractivity contribution in [3.8, 4) is 0 Å². The Hall–Kier alpha value is 0.0800. The molecule has 1 aromatic carbocycles. The fourth-order valence-electron chi connectivity index (χ4n) is 1.75. The van der Waals surface area contributed by atoms with Gasteiger partial charge in [-0.1, -0.05) is 81.7 Å². The fraction of sp³-hybridized carbons (Fsp3) is 0.625. The lowest BCUT2D eigenvalue weighted by atomic mass is 10.3. The second kappa shape index (κ2) is 5.60. The summed E-state index contributed by atoms with van der Waals surface area (Å²) in [7, 11) is -0.202. The molecule has 2 atom stereocenters. The van der Waals surface area contributed by atoms with Gasteiger partial charge in [-0.25, -0.2) is 0 Å². The summed E-state index contributed by atoms with van der Waals surface area (Å²) in [6.07, 6.45) is 0.